The van der Waals surface area contributed by atoms with E-state index in [1.54, 1.807) is 18.7 Å². The molecule has 5 heteroatoms. The van der Waals surface area contributed by atoms with Gasteiger partial charge in [-0.05, 0) is 20.8 Å². The van der Waals surface area contributed by atoms with Gasteiger partial charge in [0, 0.05) is 13.1 Å². The molecule has 2 N–H and O–H groups in total. The number of rotatable bonds is 3. The molecule has 0 fully saturated rings. The topological polar surface area (TPSA) is 67.2 Å². The highest BCUT2D eigenvalue weighted by atomic mass is 16.4. The maximum absolute atomic E-state index is 10.9. The molecule has 0 aliphatic heterocycles. The van der Waals surface area contributed by atoms with Gasteiger partial charge in [0.2, 0.25) is 0 Å². The first-order valence-electron chi connectivity index (χ1n) is 4.47. The molecule has 1 rings (SSSR count). The monoisotopic (exact) mass is 197 g/mol. The van der Waals surface area contributed by atoms with Gasteiger partial charge in [0.1, 0.15) is 11.4 Å². The Hall–Kier alpha value is -1.52. The third-order valence-corrected chi connectivity index (χ3v) is 1.86. The molecule has 0 unspecified atom stereocenters. The Kier molecular flexibility index (Phi) is 2.78. The minimum Gasteiger partial charge on any atom is -0.477 e. The molecule has 0 aromatic carbocycles. The normalized spacial score (nSPS) is 10.6. The predicted molar refractivity (Wildman–Crippen MR) is 53.7 cm³/mol. The van der Waals surface area contributed by atoms with Crippen molar-refractivity contribution in [2.24, 2.45) is 7.05 Å². The standard InChI is InChI=1S/C9H15N3O2/c1-5(2)10-8-7(9(13)14)6(3)11-12(8)4/h5,10H,1-4H3,(H,13,14). The van der Waals surface area contributed by atoms with E-state index in [1.165, 1.54) is 0 Å². The molecule has 0 atom stereocenters. The molecule has 0 radical (unpaired) electrons. The second-order valence-corrected chi connectivity index (χ2v) is 3.54. The molecule has 14 heavy (non-hydrogen) atoms. The van der Waals surface area contributed by atoms with E-state index in [1.807, 2.05) is 13.8 Å². The van der Waals surface area contributed by atoms with E-state index in [4.69, 9.17) is 5.11 Å². The van der Waals surface area contributed by atoms with Crippen molar-refractivity contribution in [3.8, 4) is 0 Å². The summed E-state index contributed by atoms with van der Waals surface area (Å²) in [6.45, 7) is 5.59. The Labute approximate surface area is 82.7 Å². The van der Waals surface area contributed by atoms with Gasteiger partial charge in [0.25, 0.3) is 0 Å². The summed E-state index contributed by atoms with van der Waals surface area (Å²) < 4.78 is 1.55. The summed E-state index contributed by atoms with van der Waals surface area (Å²) in [5.41, 5.74) is 0.782. The Morgan fingerprint density at radius 1 is 1.57 bits per heavy atom. The molecule has 0 spiro atoms. The highest BCUT2D eigenvalue weighted by molar-refractivity contribution is 5.94. The zero-order valence-corrected chi connectivity index (χ0v) is 8.83. The summed E-state index contributed by atoms with van der Waals surface area (Å²) in [6, 6.07) is 0.183. The molecule has 0 aliphatic rings. The van der Waals surface area contributed by atoms with Crippen LogP contribution in [0.15, 0.2) is 0 Å². The highest BCUT2D eigenvalue weighted by Crippen LogP contribution is 2.19. The number of aromatic carboxylic acids is 1. The smallest absolute Gasteiger partial charge is 0.341 e. The van der Waals surface area contributed by atoms with E-state index in [2.05, 4.69) is 10.4 Å². The highest BCUT2D eigenvalue weighted by Gasteiger charge is 2.19. The van der Waals surface area contributed by atoms with E-state index >= 15 is 0 Å². The largest absolute Gasteiger partial charge is 0.477 e. The molecule has 5 nitrogen and oxygen atoms in total. The number of anilines is 1. The number of carboxylic acid groups (broad SMARTS) is 1. The Balaban J connectivity index is 3.18. The maximum atomic E-state index is 10.9. The van der Waals surface area contributed by atoms with Crippen LogP contribution < -0.4 is 5.32 Å². The quantitative estimate of drug-likeness (QED) is 0.765. The molecule has 0 bridgehead atoms. The lowest BCUT2D eigenvalue weighted by Crippen LogP contribution is -2.15. The molecule has 0 amide bonds. The van der Waals surface area contributed by atoms with Gasteiger partial charge in [-0.3, -0.25) is 4.68 Å². The molecular weight excluding hydrogens is 182 g/mol. The third-order valence-electron chi connectivity index (χ3n) is 1.86. The zero-order chi connectivity index (χ0) is 10.9. The van der Waals surface area contributed by atoms with Gasteiger partial charge in [-0.1, -0.05) is 0 Å². The summed E-state index contributed by atoms with van der Waals surface area (Å²) in [6.07, 6.45) is 0. The van der Waals surface area contributed by atoms with Crippen molar-refractivity contribution in [2.45, 2.75) is 26.8 Å². The molecular formula is C9H15N3O2. The van der Waals surface area contributed by atoms with Gasteiger partial charge in [0.15, 0.2) is 0 Å². The average Bonchev–Trinajstić information content (AvgIpc) is 2.25. The van der Waals surface area contributed by atoms with Crippen LogP contribution in [-0.4, -0.2) is 26.9 Å². The Morgan fingerprint density at radius 3 is 2.57 bits per heavy atom. The molecule has 0 aliphatic carbocycles. The minimum absolute atomic E-state index is 0.183. The Morgan fingerprint density at radius 2 is 2.14 bits per heavy atom. The summed E-state index contributed by atoms with van der Waals surface area (Å²) in [4.78, 5) is 10.9. The van der Waals surface area contributed by atoms with Gasteiger partial charge in [0.05, 0.1) is 5.69 Å². The van der Waals surface area contributed by atoms with Gasteiger partial charge < -0.3 is 10.4 Å². The number of carbonyl (C=O) groups is 1. The first kappa shape index (κ1) is 10.6. The first-order valence-corrected chi connectivity index (χ1v) is 4.47. The lowest BCUT2D eigenvalue weighted by Gasteiger charge is -2.10. The first-order chi connectivity index (χ1) is 6.43. The number of carboxylic acids is 1. The number of nitrogens with zero attached hydrogens (tertiary/aromatic N) is 2. The molecule has 1 heterocycles. The second-order valence-electron chi connectivity index (χ2n) is 3.54. The maximum Gasteiger partial charge on any atom is 0.341 e. The Bertz CT molecular complexity index is 355. The molecule has 0 saturated carbocycles. The number of aromatic nitrogens is 2. The van der Waals surface area contributed by atoms with Crippen LogP contribution >= 0.6 is 0 Å². The SMILES string of the molecule is Cc1nn(C)c(NC(C)C)c1C(=O)O. The fourth-order valence-corrected chi connectivity index (χ4v) is 1.35. The third kappa shape index (κ3) is 1.86. The van der Waals surface area contributed by atoms with Crippen LogP contribution in [0.2, 0.25) is 0 Å². The summed E-state index contributed by atoms with van der Waals surface area (Å²) >= 11 is 0. The summed E-state index contributed by atoms with van der Waals surface area (Å²) in [5, 5.41) is 16.1. The average molecular weight is 197 g/mol. The van der Waals surface area contributed by atoms with Crippen LogP contribution in [0.25, 0.3) is 0 Å². The van der Waals surface area contributed by atoms with Crippen molar-refractivity contribution in [1.82, 2.24) is 9.78 Å². The van der Waals surface area contributed by atoms with E-state index in [-0.39, 0.29) is 11.6 Å². The van der Waals surface area contributed by atoms with E-state index in [0.717, 1.165) is 0 Å². The van der Waals surface area contributed by atoms with Crippen molar-refractivity contribution in [1.29, 1.82) is 0 Å². The van der Waals surface area contributed by atoms with E-state index < -0.39 is 5.97 Å². The predicted octanol–water partition coefficient (Wildman–Crippen LogP) is 1.25. The minimum atomic E-state index is -0.946. The van der Waals surface area contributed by atoms with Crippen LogP contribution in [0.3, 0.4) is 0 Å². The van der Waals surface area contributed by atoms with Crippen molar-refractivity contribution in [3.63, 3.8) is 0 Å². The van der Waals surface area contributed by atoms with Crippen molar-refractivity contribution in [3.05, 3.63) is 11.3 Å². The lowest BCUT2D eigenvalue weighted by atomic mass is 10.2. The number of hydrogen-bond donors (Lipinski definition) is 2. The van der Waals surface area contributed by atoms with Crippen LogP contribution in [-0.2, 0) is 7.05 Å². The number of hydrogen-bond acceptors (Lipinski definition) is 3. The van der Waals surface area contributed by atoms with Crippen molar-refractivity contribution >= 4 is 11.8 Å². The second kappa shape index (κ2) is 3.69. The van der Waals surface area contributed by atoms with Crippen LogP contribution in [0.5, 0.6) is 0 Å². The van der Waals surface area contributed by atoms with Gasteiger partial charge in [-0.15, -0.1) is 0 Å². The van der Waals surface area contributed by atoms with Crippen molar-refractivity contribution < 1.29 is 9.90 Å². The fourth-order valence-electron chi connectivity index (χ4n) is 1.35. The van der Waals surface area contributed by atoms with Crippen molar-refractivity contribution in [2.75, 3.05) is 5.32 Å². The van der Waals surface area contributed by atoms with E-state index in [9.17, 15) is 4.79 Å². The summed E-state index contributed by atoms with van der Waals surface area (Å²) in [5.74, 6) is -0.385. The van der Waals surface area contributed by atoms with Gasteiger partial charge in [-0.25, -0.2) is 4.79 Å². The van der Waals surface area contributed by atoms with Crippen LogP contribution in [0.4, 0.5) is 5.82 Å². The molecule has 1 aromatic rings. The fraction of sp³-hybridized carbons (Fsp3) is 0.556. The lowest BCUT2D eigenvalue weighted by molar-refractivity contribution is 0.0697. The number of nitrogens with one attached hydrogen (secondary N) is 1. The molecule has 0 saturated heterocycles. The van der Waals surface area contributed by atoms with Gasteiger partial charge in [-0.2, -0.15) is 5.10 Å². The van der Waals surface area contributed by atoms with Crippen LogP contribution in [0.1, 0.15) is 29.9 Å². The zero-order valence-electron chi connectivity index (χ0n) is 8.83. The van der Waals surface area contributed by atoms with Gasteiger partial charge >= 0.3 is 5.97 Å². The van der Waals surface area contributed by atoms with E-state index in [0.29, 0.717) is 11.5 Å². The van der Waals surface area contributed by atoms with Crippen LogP contribution in [0, 0.1) is 6.92 Å². The number of aryl methyl sites for hydroxylation is 2. The molecule has 1 aromatic heterocycles. The summed E-state index contributed by atoms with van der Waals surface area (Å²) in [7, 11) is 1.73. The molecule has 78 valence electrons.